The fraction of sp³-hybridized carbons (Fsp3) is 0.588. The molecule has 1 aromatic carbocycles. The molecule has 1 amide bonds. The number of halogens is 1. The number of carbonyl (C=O) groups excluding carboxylic acids is 1. The van der Waals surface area contributed by atoms with E-state index in [9.17, 15) is 13.2 Å². The average Bonchev–Trinajstić information content (AvgIpc) is 2.52. The third-order valence-electron chi connectivity index (χ3n) is 4.05. The number of nitrogens with zero attached hydrogens (tertiary/aromatic N) is 1. The largest absolute Gasteiger partial charge is 0.355 e. The highest BCUT2D eigenvalue weighted by atomic mass is 35.5. The molecule has 0 spiro atoms. The first-order valence-electron chi connectivity index (χ1n) is 8.25. The van der Waals surface area contributed by atoms with Gasteiger partial charge in [0.15, 0.2) is 0 Å². The molecule has 1 rings (SSSR count). The summed E-state index contributed by atoms with van der Waals surface area (Å²) in [6.45, 7) is 4.92. The van der Waals surface area contributed by atoms with E-state index in [1.54, 1.807) is 12.1 Å². The van der Waals surface area contributed by atoms with E-state index < -0.39 is 10.0 Å². The third-order valence-corrected chi connectivity index (χ3v) is 5.60. The van der Waals surface area contributed by atoms with E-state index in [1.165, 1.54) is 10.6 Å². The molecule has 0 saturated carbocycles. The van der Waals surface area contributed by atoms with Crippen LogP contribution in [0.5, 0.6) is 0 Å². The molecular formula is C17H27ClN2O3S. The average molecular weight is 375 g/mol. The number of carbonyl (C=O) groups is 1. The molecule has 0 saturated heterocycles. The molecule has 0 fully saturated rings. The number of hydrogen-bond donors (Lipinski definition) is 1. The second-order valence-electron chi connectivity index (χ2n) is 5.84. The molecule has 5 nitrogen and oxygen atoms in total. The minimum absolute atomic E-state index is 0.00819. The number of nitrogens with one attached hydrogen (secondary N) is 1. The van der Waals surface area contributed by atoms with Crippen molar-refractivity contribution in [3.05, 3.63) is 34.9 Å². The van der Waals surface area contributed by atoms with E-state index in [4.69, 9.17) is 11.6 Å². The summed E-state index contributed by atoms with van der Waals surface area (Å²) >= 11 is 5.85. The molecule has 0 aliphatic heterocycles. The van der Waals surface area contributed by atoms with E-state index in [2.05, 4.69) is 5.32 Å². The maximum Gasteiger partial charge on any atom is 0.223 e. The van der Waals surface area contributed by atoms with Crippen molar-refractivity contribution in [2.24, 2.45) is 5.92 Å². The Morgan fingerprint density at radius 1 is 1.17 bits per heavy atom. The topological polar surface area (TPSA) is 66.5 Å². The zero-order valence-corrected chi connectivity index (χ0v) is 16.2. The van der Waals surface area contributed by atoms with Crippen molar-refractivity contribution in [2.45, 2.75) is 33.1 Å². The van der Waals surface area contributed by atoms with Crippen LogP contribution in [-0.4, -0.2) is 44.5 Å². The number of hydrogen-bond acceptors (Lipinski definition) is 3. The lowest BCUT2D eigenvalue weighted by Gasteiger charge is -2.21. The van der Waals surface area contributed by atoms with Gasteiger partial charge in [0, 0.05) is 30.6 Å². The maximum absolute atomic E-state index is 12.0. The molecule has 0 aliphatic carbocycles. The Hall–Kier alpha value is -1.11. The minimum atomic E-state index is -3.32. The Kier molecular flexibility index (Phi) is 8.73. The van der Waals surface area contributed by atoms with Crippen LogP contribution in [0.2, 0.25) is 5.02 Å². The van der Waals surface area contributed by atoms with Crippen molar-refractivity contribution in [1.82, 2.24) is 9.62 Å². The van der Waals surface area contributed by atoms with Crippen LogP contribution in [-0.2, 0) is 21.2 Å². The van der Waals surface area contributed by atoms with Gasteiger partial charge in [-0.05, 0) is 37.0 Å². The summed E-state index contributed by atoms with van der Waals surface area (Å²) < 4.78 is 25.2. The predicted molar refractivity (Wildman–Crippen MR) is 98.7 cm³/mol. The Bertz CT molecular complexity index is 613. The monoisotopic (exact) mass is 374 g/mol. The molecule has 0 unspecified atom stereocenters. The van der Waals surface area contributed by atoms with E-state index in [-0.39, 0.29) is 18.4 Å². The number of sulfonamides is 1. The van der Waals surface area contributed by atoms with Gasteiger partial charge in [-0.15, -0.1) is 0 Å². The van der Waals surface area contributed by atoms with Crippen molar-refractivity contribution >= 4 is 27.5 Å². The molecule has 0 radical (unpaired) electrons. The van der Waals surface area contributed by atoms with Gasteiger partial charge in [0.1, 0.15) is 0 Å². The second kappa shape index (κ2) is 10.0. The van der Waals surface area contributed by atoms with E-state index in [0.717, 1.165) is 18.4 Å². The quantitative estimate of drug-likeness (QED) is 0.684. The molecule has 0 aromatic heterocycles. The highest BCUT2D eigenvalue weighted by molar-refractivity contribution is 7.88. The lowest BCUT2D eigenvalue weighted by atomic mass is 10.0. The van der Waals surface area contributed by atoms with Crippen LogP contribution >= 0.6 is 11.6 Å². The van der Waals surface area contributed by atoms with Crippen LogP contribution in [0.3, 0.4) is 0 Å². The van der Waals surface area contributed by atoms with Crippen molar-refractivity contribution < 1.29 is 13.2 Å². The van der Waals surface area contributed by atoms with Crippen LogP contribution < -0.4 is 5.32 Å². The Labute approximate surface area is 150 Å². The minimum Gasteiger partial charge on any atom is -0.355 e. The van der Waals surface area contributed by atoms with Crippen molar-refractivity contribution in [2.75, 3.05) is 25.9 Å². The summed E-state index contributed by atoms with van der Waals surface area (Å²) in [5.41, 5.74) is 1.02. The van der Waals surface area contributed by atoms with Crippen LogP contribution in [0.4, 0.5) is 0 Å². The van der Waals surface area contributed by atoms with Gasteiger partial charge in [0.25, 0.3) is 0 Å². The Morgan fingerprint density at radius 3 is 2.25 bits per heavy atom. The first kappa shape index (κ1) is 20.9. The molecule has 136 valence electrons. The van der Waals surface area contributed by atoms with Crippen LogP contribution in [0.15, 0.2) is 24.3 Å². The van der Waals surface area contributed by atoms with Gasteiger partial charge in [-0.1, -0.05) is 37.6 Å². The highest BCUT2D eigenvalue weighted by Crippen LogP contribution is 2.11. The number of rotatable bonds is 10. The summed E-state index contributed by atoms with van der Waals surface area (Å²) in [7, 11) is -3.32. The van der Waals surface area contributed by atoms with Gasteiger partial charge < -0.3 is 5.32 Å². The molecule has 1 aromatic rings. The summed E-state index contributed by atoms with van der Waals surface area (Å²) in [5, 5.41) is 3.49. The van der Waals surface area contributed by atoms with E-state index in [1.807, 2.05) is 26.0 Å². The lowest BCUT2D eigenvalue weighted by molar-refractivity contribution is -0.125. The fourth-order valence-electron chi connectivity index (χ4n) is 2.46. The zero-order chi connectivity index (χ0) is 18.2. The van der Waals surface area contributed by atoms with Gasteiger partial charge >= 0.3 is 0 Å². The van der Waals surface area contributed by atoms with Crippen LogP contribution in [0.1, 0.15) is 32.3 Å². The first-order chi connectivity index (χ1) is 11.3. The predicted octanol–water partition coefficient (Wildman–Crippen LogP) is 2.70. The van der Waals surface area contributed by atoms with Gasteiger partial charge in [-0.2, -0.15) is 0 Å². The molecule has 0 bridgehead atoms. The molecule has 1 N–H and O–H groups in total. The van der Waals surface area contributed by atoms with E-state index >= 15 is 0 Å². The summed E-state index contributed by atoms with van der Waals surface area (Å²) in [4.78, 5) is 12.0. The van der Waals surface area contributed by atoms with Crippen LogP contribution in [0.25, 0.3) is 0 Å². The SMILES string of the molecule is CCC(CC)C(=O)NCCN(CCc1ccc(Cl)cc1)S(C)(=O)=O. The molecule has 7 heteroatoms. The summed E-state index contributed by atoms with van der Waals surface area (Å²) in [6.07, 6.45) is 3.37. The molecule has 24 heavy (non-hydrogen) atoms. The molecule has 0 aliphatic rings. The van der Waals surface area contributed by atoms with E-state index in [0.29, 0.717) is 24.5 Å². The van der Waals surface area contributed by atoms with Crippen LogP contribution in [0, 0.1) is 5.92 Å². The lowest BCUT2D eigenvalue weighted by Crippen LogP contribution is -2.40. The fourth-order valence-corrected chi connectivity index (χ4v) is 3.43. The van der Waals surface area contributed by atoms with Gasteiger partial charge in [0.2, 0.25) is 15.9 Å². The Balaban J connectivity index is 2.54. The molecule has 0 heterocycles. The normalized spacial score (nSPS) is 11.9. The van der Waals surface area contributed by atoms with Gasteiger partial charge in [-0.3, -0.25) is 4.79 Å². The number of amides is 1. The highest BCUT2D eigenvalue weighted by Gasteiger charge is 2.18. The maximum atomic E-state index is 12.0. The van der Waals surface area contributed by atoms with Crippen molar-refractivity contribution in [3.8, 4) is 0 Å². The second-order valence-corrected chi connectivity index (χ2v) is 8.26. The standard InChI is InChI=1S/C17H27ClN2O3S/c1-4-15(5-2)17(21)19-11-13-20(24(3,22)23)12-10-14-6-8-16(18)9-7-14/h6-9,15H,4-5,10-13H2,1-3H3,(H,19,21). The molecule has 0 atom stereocenters. The Morgan fingerprint density at radius 2 is 1.75 bits per heavy atom. The summed E-state index contributed by atoms with van der Waals surface area (Å²) in [5.74, 6) is -0.0168. The third kappa shape index (κ3) is 7.20. The smallest absolute Gasteiger partial charge is 0.223 e. The van der Waals surface area contributed by atoms with Crippen molar-refractivity contribution in [1.29, 1.82) is 0 Å². The number of benzene rings is 1. The first-order valence-corrected chi connectivity index (χ1v) is 10.5. The summed E-state index contributed by atoms with van der Waals surface area (Å²) in [6, 6.07) is 7.35. The molecular weight excluding hydrogens is 348 g/mol. The zero-order valence-electron chi connectivity index (χ0n) is 14.6. The van der Waals surface area contributed by atoms with Gasteiger partial charge in [0.05, 0.1) is 6.26 Å². The van der Waals surface area contributed by atoms with Gasteiger partial charge in [-0.25, -0.2) is 12.7 Å². The van der Waals surface area contributed by atoms with Crippen molar-refractivity contribution in [3.63, 3.8) is 0 Å².